The molecule has 0 bridgehead atoms. The van der Waals surface area contributed by atoms with Gasteiger partial charge in [-0.25, -0.2) is 4.79 Å². The highest BCUT2D eigenvalue weighted by Crippen LogP contribution is 2.22. The lowest BCUT2D eigenvalue weighted by atomic mass is 9.90. The summed E-state index contributed by atoms with van der Waals surface area (Å²) in [6.45, 7) is 1.28. The standard InChI is InChI=1S/C21H22INO3/c22-19-9-5-4-8-18(19)21(25)26-15-20(24)23-12-10-17(11-13-23)14-16-6-2-1-3-7-16/h1-9,17H,10-15H2. The number of rotatable bonds is 5. The van der Waals surface area contributed by atoms with Gasteiger partial charge in [-0.1, -0.05) is 42.5 Å². The van der Waals surface area contributed by atoms with Gasteiger partial charge in [0, 0.05) is 16.7 Å². The zero-order chi connectivity index (χ0) is 18.4. The van der Waals surface area contributed by atoms with Gasteiger partial charge in [-0.2, -0.15) is 0 Å². The largest absolute Gasteiger partial charge is 0.452 e. The molecule has 136 valence electrons. The van der Waals surface area contributed by atoms with Crippen LogP contribution in [0.25, 0.3) is 0 Å². The molecule has 1 saturated heterocycles. The maximum Gasteiger partial charge on any atom is 0.339 e. The van der Waals surface area contributed by atoms with Crippen LogP contribution in [0, 0.1) is 9.49 Å². The van der Waals surface area contributed by atoms with Crippen LogP contribution in [-0.4, -0.2) is 36.5 Å². The number of nitrogens with zero attached hydrogens (tertiary/aromatic N) is 1. The third-order valence-corrected chi connectivity index (χ3v) is 5.70. The van der Waals surface area contributed by atoms with Crippen molar-refractivity contribution in [2.24, 2.45) is 5.92 Å². The van der Waals surface area contributed by atoms with Gasteiger partial charge in [0.1, 0.15) is 0 Å². The smallest absolute Gasteiger partial charge is 0.339 e. The van der Waals surface area contributed by atoms with Crippen LogP contribution in [0.1, 0.15) is 28.8 Å². The molecule has 1 amide bonds. The molecule has 1 heterocycles. The van der Waals surface area contributed by atoms with Crippen LogP contribution in [-0.2, 0) is 16.0 Å². The minimum atomic E-state index is -0.442. The van der Waals surface area contributed by atoms with Crippen LogP contribution in [0.5, 0.6) is 0 Å². The summed E-state index contributed by atoms with van der Waals surface area (Å²) in [5, 5.41) is 0. The number of likely N-dealkylation sites (tertiary alicyclic amines) is 1. The maximum absolute atomic E-state index is 12.3. The van der Waals surface area contributed by atoms with E-state index in [1.54, 1.807) is 12.1 Å². The molecule has 1 fully saturated rings. The number of benzene rings is 2. The van der Waals surface area contributed by atoms with Crippen LogP contribution < -0.4 is 0 Å². The Morgan fingerprint density at radius 3 is 2.35 bits per heavy atom. The van der Waals surface area contributed by atoms with Crippen LogP contribution in [0.2, 0.25) is 0 Å². The van der Waals surface area contributed by atoms with E-state index >= 15 is 0 Å². The molecule has 0 aromatic heterocycles. The van der Waals surface area contributed by atoms with Crippen molar-refractivity contribution in [1.29, 1.82) is 0 Å². The summed E-state index contributed by atoms with van der Waals surface area (Å²) in [6.07, 6.45) is 3.04. The minimum Gasteiger partial charge on any atom is -0.452 e. The number of halogens is 1. The van der Waals surface area contributed by atoms with E-state index in [0.717, 1.165) is 35.9 Å². The Kier molecular flexibility index (Phi) is 6.66. The molecule has 26 heavy (non-hydrogen) atoms. The van der Waals surface area contributed by atoms with Crippen molar-refractivity contribution in [1.82, 2.24) is 4.90 Å². The molecular formula is C21H22INO3. The molecular weight excluding hydrogens is 441 g/mol. The van der Waals surface area contributed by atoms with Gasteiger partial charge in [-0.05, 0) is 65.5 Å². The number of hydrogen-bond donors (Lipinski definition) is 0. The molecule has 1 aliphatic rings. The average Bonchev–Trinajstić information content (AvgIpc) is 2.67. The van der Waals surface area contributed by atoms with E-state index in [0.29, 0.717) is 11.5 Å². The Morgan fingerprint density at radius 2 is 1.65 bits per heavy atom. The predicted molar refractivity (Wildman–Crippen MR) is 109 cm³/mol. The van der Waals surface area contributed by atoms with Crippen molar-refractivity contribution >= 4 is 34.5 Å². The van der Waals surface area contributed by atoms with Crippen molar-refractivity contribution in [2.45, 2.75) is 19.3 Å². The summed E-state index contributed by atoms with van der Waals surface area (Å²) in [4.78, 5) is 26.3. The molecule has 0 saturated carbocycles. The Labute approximate surface area is 167 Å². The fourth-order valence-electron chi connectivity index (χ4n) is 3.26. The van der Waals surface area contributed by atoms with Crippen molar-refractivity contribution < 1.29 is 14.3 Å². The lowest BCUT2D eigenvalue weighted by Gasteiger charge is -2.32. The van der Waals surface area contributed by atoms with E-state index in [1.807, 2.05) is 23.1 Å². The summed E-state index contributed by atoms with van der Waals surface area (Å²) in [5.74, 6) is 0.0552. The monoisotopic (exact) mass is 463 g/mol. The normalized spacial score (nSPS) is 14.9. The lowest BCUT2D eigenvalue weighted by molar-refractivity contribution is -0.135. The molecule has 2 aromatic rings. The Morgan fingerprint density at radius 1 is 1.00 bits per heavy atom. The first-order valence-electron chi connectivity index (χ1n) is 8.87. The van der Waals surface area contributed by atoms with Gasteiger partial charge in [-0.3, -0.25) is 4.79 Å². The zero-order valence-corrected chi connectivity index (χ0v) is 16.7. The van der Waals surface area contributed by atoms with E-state index in [1.165, 1.54) is 5.56 Å². The number of carbonyl (C=O) groups is 2. The number of ether oxygens (including phenoxy) is 1. The first-order valence-corrected chi connectivity index (χ1v) is 9.94. The van der Waals surface area contributed by atoms with Crippen molar-refractivity contribution in [3.8, 4) is 0 Å². The Hall–Kier alpha value is -1.89. The fraction of sp³-hybridized carbons (Fsp3) is 0.333. The molecule has 0 unspecified atom stereocenters. The van der Waals surface area contributed by atoms with E-state index in [2.05, 4.69) is 46.9 Å². The highest BCUT2D eigenvalue weighted by Gasteiger charge is 2.24. The van der Waals surface area contributed by atoms with Gasteiger partial charge in [0.15, 0.2) is 6.61 Å². The third-order valence-electron chi connectivity index (χ3n) is 4.75. The van der Waals surface area contributed by atoms with Crippen molar-refractivity contribution in [3.05, 3.63) is 69.3 Å². The van der Waals surface area contributed by atoms with Crippen LogP contribution in [0.15, 0.2) is 54.6 Å². The van der Waals surface area contributed by atoms with E-state index in [4.69, 9.17) is 4.74 Å². The lowest BCUT2D eigenvalue weighted by Crippen LogP contribution is -2.41. The molecule has 2 aromatic carbocycles. The van der Waals surface area contributed by atoms with Gasteiger partial charge in [0.2, 0.25) is 0 Å². The molecule has 4 nitrogen and oxygen atoms in total. The van der Waals surface area contributed by atoms with E-state index in [-0.39, 0.29) is 12.5 Å². The van der Waals surface area contributed by atoms with E-state index in [9.17, 15) is 9.59 Å². The van der Waals surface area contributed by atoms with Gasteiger partial charge in [0.25, 0.3) is 5.91 Å². The number of amides is 1. The summed E-state index contributed by atoms with van der Waals surface area (Å²) in [7, 11) is 0. The van der Waals surface area contributed by atoms with Gasteiger partial charge >= 0.3 is 5.97 Å². The highest BCUT2D eigenvalue weighted by atomic mass is 127. The summed E-state index contributed by atoms with van der Waals surface area (Å²) in [5.41, 5.74) is 1.85. The van der Waals surface area contributed by atoms with Crippen molar-refractivity contribution in [2.75, 3.05) is 19.7 Å². The molecule has 0 aliphatic carbocycles. The summed E-state index contributed by atoms with van der Waals surface area (Å²) >= 11 is 2.09. The van der Waals surface area contributed by atoms with Gasteiger partial charge in [0.05, 0.1) is 5.56 Å². The van der Waals surface area contributed by atoms with Gasteiger partial charge in [-0.15, -0.1) is 0 Å². The molecule has 0 N–H and O–H groups in total. The predicted octanol–water partition coefficient (Wildman–Crippen LogP) is 3.93. The SMILES string of the molecule is O=C(OCC(=O)N1CCC(Cc2ccccc2)CC1)c1ccccc1I. The van der Waals surface area contributed by atoms with Crippen LogP contribution in [0.3, 0.4) is 0 Å². The minimum absolute atomic E-state index is 0.109. The summed E-state index contributed by atoms with van der Waals surface area (Å²) < 4.78 is 6.03. The Bertz CT molecular complexity index is 755. The first-order chi connectivity index (χ1) is 12.6. The fourth-order valence-corrected chi connectivity index (χ4v) is 3.86. The number of esters is 1. The number of piperidine rings is 1. The maximum atomic E-state index is 12.3. The topological polar surface area (TPSA) is 46.6 Å². The molecule has 1 aliphatic heterocycles. The van der Waals surface area contributed by atoms with Crippen LogP contribution in [0.4, 0.5) is 0 Å². The molecule has 3 rings (SSSR count). The second-order valence-corrected chi connectivity index (χ2v) is 7.73. The number of carbonyl (C=O) groups excluding carboxylic acids is 2. The van der Waals surface area contributed by atoms with E-state index < -0.39 is 5.97 Å². The third kappa shape index (κ3) is 5.06. The highest BCUT2D eigenvalue weighted by molar-refractivity contribution is 14.1. The second-order valence-electron chi connectivity index (χ2n) is 6.57. The Balaban J connectivity index is 1.44. The number of hydrogen-bond acceptors (Lipinski definition) is 3. The van der Waals surface area contributed by atoms with Crippen molar-refractivity contribution in [3.63, 3.8) is 0 Å². The quantitative estimate of drug-likeness (QED) is 0.499. The average molecular weight is 463 g/mol. The first kappa shape index (κ1) is 18.9. The zero-order valence-electron chi connectivity index (χ0n) is 14.6. The molecule has 5 heteroatoms. The second kappa shape index (κ2) is 9.16. The molecule has 0 atom stereocenters. The summed E-state index contributed by atoms with van der Waals surface area (Å²) in [6, 6.07) is 17.7. The molecule has 0 spiro atoms. The molecule has 0 radical (unpaired) electrons. The van der Waals surface area contributed by atoms with Crippen LogP contribution >= 0.6 is 22.6 Å². The van der Waals surface area contributed by atoms with Gasteiger partial charge < -0.3 is 9.64 Å².